The van der Waals surface area contributed by atoms with Crippen molar-refractivity contribution in [1.82, 2.24) is 0 Å². The molecule has 0 saturated heterocycles. The molecule has 17 heavy (non-hydrogen) atoms. The molecule has 0 unspecified atom stereocenters. The van der Waals surface area contributed by atoms with Crippen LogP contribution in [0.3, 0.4) is 0 Å². The molecule has 0 amide bonds. The number of thiocarbonyl (C=S) groups is 1. The third-order valence-electron chi connectivity index (χ3n) is 1.88. The molecule has 0 bridgehead atoms. The molecule has 0 fully saturated rings. The fraction of sp³-hybridized carbons (Fsp3) is 0.417. The smallest absolute Gasteiger partial charge is 0.168 e. The number of para-hydroxylation sites is 1. The van der Waals surface area contributed by atoms with Gasteiger partial charge in [0, 0.05) is 0 Å². The zero-order valence-electron chi connectivity index (χ0n) is 10.2. The van der Waals surface area contributed by atoms with E-state index in [0.29, 0.717) is 12.4 Å². The van der Waals surface area contributed by atoms with Crippen LogP contribution in [0, 0.1) is 11.2 Å². The summed E-state index contributed by atoms with van der Waals surface area (Å²) in [5.41, 5.74) is 5.52. The van der Waals surface area contributed by atoms with Gasteiger partial charge < -0.3 is 15.8 Å². The zero-order chi connectivity index (χ0) is 13.1. The van der Waals surface area contributed by atoms with Crippen molar-refractivity contribution in [2.24, 2.45) is 11.1 Å². The second kappa shape index (κ2) is 5.31. The van der Waals surface area contributed by atoms with Crippen molar-refractivity contribution < 1.29 is 9.13 Å². The fourth-order valence-corrected chi connectivity index (χ4v) is 1.27. The Balaban J connectivity index is 2.90. The lowest BCUT2D eigenvalue weighted by molar-refractivity contribution is 0.198. The molecular weight excluding hydrogens is 239 g/mol. The predicted octanol–water partition coefficient (Wildman–Crippen LogP) is 2.91. The van der Waals surface area contributed by atoms with Crippen LogP contribution in [0.4, 0.5) is 10.1 Å². The van der Waals surface area contributed by atoms with Crippen molar-refractivity contribution in [3.05, 3.63) is 24.0 Å². The lowest BCUT2D eigenvalue weighted by atomic mass is 9.99. The average Bonchev–Trinajstić information content (AvgIpc) is 2.17. The monoisotopic (exact) mass is 256 g/mol. The topological polar surface area (TPSA) is 47.3 Å². The maximum atomic E-state index is 13.6. The van der Waals surface area contributed by atoms with Gasteiger partial charge in [0.15, 0.2) is 10.9 Å². The van der Waals surface area contributed by atoms with Crippen molar-refractivity contribution in [3.63, 3.8) is 0 Å². The molecule has 0 saturated carbocycles. The molecule has 0 spiro atoms. The van der Waals surface area contributed by atoms with Crippen molar-refractivity contribution in [2.75, 3.05) is 11.9 Å². The number of nitrogens with two attached hydrogens (primary N) is 1. The standard InChI is InChI=1S/C12H17FN2OS/c1-12(2,3)7-16-9-6-4-5-8(13)10(9)15-11(14)17/h4-6H,7H2,1-3H3,(H3,14,15,17). The Labute approximate surface area is 106 Å². The molecule has 5 heteroatoms. The molecule has 0 heterocycles. The van der Waals surface area contributed by atoms with Gasteiger partial charge in [-0.05, 0) is 29.8 Å². The molecule has 3 N–H and O–H groups in total. The largest absolute Gasteiger partial charge is 0.491 e. The van der Waals surface area contributed by atoms with Gasteiger partial charge in [0.2, 0.25) is 0 Å². The van der Waals surface area contributed by atoms with Crippen LogP contribution in [-0.2, 0) is 0 Å². The number of nitrogens with one attached hydrogen (secondary N) is 1. The molecule has 94 valence electrons. The molecule has 0 radical (unpaired) electrons. The van der Waals surface area contributed by atoms with Gasteiger partial charge in [-0.3, -0.25) is 0 Å². The minimum Gasteiger partial charge on any atom is -0.491 e. The van der Waals surface area contributed by atoms with Crippen LogP contribution < -0.4 is 15.8 Å². The van der Waals surface area contributed by atoms with E-state index in [4.69, 9.17) is 22.7 Å². The normalized spacial score (nSPS) is 11.1. The summed E-state index contributed by atoms with van der Waals surface area (Å²) in [5, 5.41) is 2.60. The highest BCUT2D eigenvalue weighted by Gasteiger charge is 2.15. The zero-order valence-corrected chi connectivity index (χ0v) is 11.0. The lowest BCUT2D eigenvalue weighted by Crippen LogP contribution is -2.22. The summed E-state index contributed by atoms with van der Waals surface area (Å²) in [6, 6.07) is 4.58. The summed E-state index contributed by atoms with van der Waals surface area (Å²) in [6.45, 7) is 6.58. The first-order valence-corrected chi connectivity index (χ1v) is 5.68. The predicted molar refractivity (Wildman–Crippen MR) is 71.8 cm³/mol. The van der Waals surface area contributed by atoms with E-state index in [-0.39, 0.29) is 16.2 Å². The Morgan fingerprint density at radius 3 is 2.65 bits per heavy atom. The molecule has 0 atom stereocenters. The third kappa shape index (κ3) is 4.56. The maximum absolute atomic E-state index is 13.6. The van der Waals surface area contributed by atoms with E-state index in [1.807, 2.05) is 20.8 Å². The van der Waals surface area contributed by atoms with Gasteiger partial charge in [-0.1, -0.05) is 26.8 Å². The first kappa shape index (κ1) is 13.7. The summed E-state index contributed by atoms with van der Waals surface area (Å²) in [7, 11) is 0. The number of hydrogen-bond acceptors (Lipinski definition) is 2. The first-order valence-electron chi connectivity index (χ1n) is 5.27. The number of ether oxygens (including phenoxy) is 1. The minimum atomic E-state index is -0.441. The van der Waals surface area contributed by atoms with Crippen LogP contribution in [0.5, 0.6) is 5.75 Å². The molecule has 1 aromatic rings. The van der Waals surface area contributed by atoms with Gasteiger partial charge in [0.25, 0.3) is 0 Å². The molecule has 0 aliphatic carbocycles. The van der Waals surface area contributed by atoms with E-state index in [2.05, 4.69) is 5.32 Å². The van der Waals surface area contributed by atoms with Crippen LogP contribution in [0.15, 0.2) is 18.2 Å². The van der Waals surface area contributed by atoms with Crippen LogP contribution >= 0.6 is 12.2 Å². The van der Waals surface area contributed by atoms with Gasteiger partial charge in [-0.2, -0.15) is 0 Å². The number of rotatable bonds is 3. The van der Waals surface area contributed by atoms with E-state index >= 15 is 0 Å². The third-order valence-corrected chi connectivity index (χ3v) is 1.99. The Morgan fingerprint density at radius 2 is 2.12 bits per heavy atom. The van der Waals surface area contributed by atoms with Crippen LogP contribution in [-0.4, -0.2) is 11.7 Å². The maximum Gasteiger partial charge on any atom is 0.168 e. The number of benzene rings is 1. The summed E-state index contributed by atoms with van der Waals surface area (Å²) >= 11 is 4.70. The molecular formula is C12H17FN2OS. The van der Waals surface area contributed by atoms with Crippen molar-refractivity contribution in [3.8, 4) is 5.75 Å². The van der Waals surface area contributed by atoms with Gasteiger partial charge in [-0.25, -0.2) is 4.39 Å². The Bertz CT molecular complexity index is 415. The first-order chi connectivity index (χ1) is 7.79. The van der Waals surface area contributed by atoms with Gasteiger partial charge in [0.05, 0.1) is 6.61 Å². The van der Waals surface area contributed by atoms with E-state index in [9.17, 15) is 4.39 Å². The van der Waals surface area contributed by atoms with E-state index < -0.39 is 5.82 Å². The lowest BCUT2D eigenvalue weighted by Gasteiger charge is -2.20. The van der Waals surface area contributed by atoms with E-state index in [1.54, 1.807) is 12.1 Å². The Hall–Kier alpha value is -1.36. The van der Waals surface area contributed by atoms with Crippen LogP contribution in [0.1, 0.15) is 20.8 Å². The number of hydrogen-bond donors (Lipinski definition) is 2. The summed E-state index contributed by atoms with van der Waals surface area (Å²) < 4.78 is 19.1. The van der Waals surface area contributed by atoms with Crippen molar-refractivity contribution in [1.29, 1.82) is 0 Å². The molecule has 0 aliphatic heterocycles. The quantitative estimate of drug-likeness (QED) is 0.816. The Morgan fingerprint density at radius 1 is 1.47 bits per heavy atom. The van der Waals surface area contributed by atoms with Gasteiger partial charge in [0.1, 0.15) is 11.4 Å². The fourth-order valence-electron chi connectivity index (χ4n) is 1.16. The van der Waals surface area contributed by atoms with E-state index in [0.717, 1.165) is 0 Å². The average molecular weight is 256 g/mol. The van der Waals surface area contributed by atoms with Crippen LogP contribution in [0.25, 0.3) is 0 Å². The van der Waals surface area contributed by atoms with Crippen molar-refractivity contribution in [2.45, 2.75) is 20.8 Å². The number of anilines is 1. The molecule has 3 nitrogen and oxygen atoms in total. The SMILES string of the molecule is CC(C)(C)COc1cccc(F)c1NC(N)=S. The molecule has 0 aromatic heterocycles. The summed E-state index contributed by atoms with van der Waals surface area (Å²) in [6.07, 6.45) is 0. The number of halogens is 1. The van der Waals surface area contributed by atoms with Gasteiger partial charge in [-0.15, -0.1) is 0 Å². The summed E-state index contributed by atoms with van der Waals surface area (Å²) in [5.74, 6) is -0.0306. The van der Waals surface area contributed by atoms with Crippen molar-refractivity contribution >= 4 is 23.0 Å². The van der Waals surface area contributed by atoms with E-state index in [1.165, 1.54) is 6.07 Å². The molecule has 1 aromatic carbocycles. The minimum absolute atomic E-state index is 0.00713. The highest BCUT2D eigenvalue weighted by atomic mass is 32.1. The highest BCUT2D eigenvalue weighted by Crippen LogP contribution is 2.28. The Kier molecular flexibility index (Phi) is 4.28. The second-order valence-electron chi connectivity index (χ2n) is 4.95. The summed E-state index contributed by atoms with van der Waals surface area (Å²) in [4.78, 5) is 0. The van der Waals surface area contributed by atoms with Gasteiger partial charge >= 0.3 is 0 Å². The second-order valence-corrected chi connectivity index (χ2v) is 5.39. The highest BCUT2D eigenvalue weighted by molar-refractivity contribution is 7.80. The van der Waals surface area contributed by atoms with Crippen LogP contribution in [0.2, 0.25) is 0 Å². The molecule has 1 rings (SSSR count). The molecule has 0 aliphatic rings.